The highest BCUT2D eigenvalue weighted by Gasteiger charge is 2.21. The van der Waals surface area contributed by atoms with E-state index in [4.69, 9.17) is 14.2 Å². The summed E-state index contributed by atoms with van der Waals surface area (Å²) < 4.78 is 15.7. The number of carbonyl (C=O) groups excluding carboxylic acids is 2. The summed E-state index contributed by atoms with van der Waals surface area (Å²) in [4.78, 5) is 23.4. The highest BCUT2D eigenvalue weighted by molar-refractivity contribution is 6.06. The van der Waals surface area contributed by atoms with E-state index in [-0.39, 0.29) is 18.4 Å². The van der Waals surface area contributed by atoms with Crippen LogP contribution in [-0.2, 0) is 16.1 Å². The average molecular weight is 397 g/mol. The Morgan fingerprint density at radius 2 is 1.86 bits per heavy atom. The molecule has 3 rings (SSSR count). The van der Waals surface area contributed by atoms with Gasteiger partial charge in [-0.25, -0.2) is 10.2 Å². The third-order valence-electron chi connectivity index (χ3n) is 4.50. The fourth-order valence-corrected chi connectivity index (χ4v) is 3.00. The lowest BCUT2D eigenvalue weighted by atomic mass is 9.94. The quantitative estimate of drug-likeness (QED) is 0.779. The number of methoxy groups -OCH3 is 2. The van der Waals surface area contributed by atoms with Crippen LogP contribution in [0.2, 0.25) is 0 Å². The Balaban J connectivity index is 1.56. The molecule has 29 heavy (non-hydrogen) atoms. The minimum absolute atomic E-state index is 0.0361. The van der Waals surface area contributed by atoms with E-state index in [1.807, 2.05) is 19.1 Å². The number of nitrogens with one attached hydrogen (secondary N) is 2. The van der Waals surface area contributed by atoms with Crippen LogP contribution >= 0.6 is 0 Å². The molecule has 1 heterocycles. The predicted octanol–water partition coefficient (Wildman–Crippen LogP) is 3.31. The molecule has 1 atom stereocenters. The van der Waals surface area contributed by atoms with E-state index in [1.165, 1.54) is 0 Å². The van der Waals surface area contributed by atoms with Crippen LogP contribution in [-0.4, -0.2) is 31.9 Å². The standard InChI is InChI=1S/C21H23N3O5/c1-13-10-19(25)23-24-20(13)15-5-7-16(8-6-15)22-21(26)29-12-14-4-9-17(27-2)18(11-14)28-3/h4-9,11,13H,10,12H2,1-3H3,(H,22,26)(H,23,25). The number of hydrogen-bond donors (Lipinski definition) is 2. The molecule has 2 aromatic rings. The van der Waals surface area contributed by atoms with Crippen LogP contribution in [0.4, 0.5) is 10.5 Å². The van der Waals surface area contributed by atoms with Crippen molar-refractivity contribution in [2.24, 2.45) is 11.0 Å². The van der Waals surface area contributed by atoms with E-state index in [2.05, 4.69) is 15.8 Å². The second-order valence-electron chi connectivity index (χ2n) is 6.61. The molecule has 0 aliphatic carbocycles. The smallest absolute Gasteiger partial charge is 0.411 e. The molecule has 0 radical (unpaired) electrons. The summed E-state index contributed by atoms with van der Waals surface area (Å²) in [7, 11) is 3.11. The van der Waals surface area contributed by atoms with E-state index in [9.17, 15) is 9.59 Å². The molecule has 1 unspecified atom stereocenters. The molecule has 0 saturated heterocycles. The van der Waals surface area contributed by atoms with Gasteiger partial charge >= 0.3 is 6.09 Å². The number of carbonyl (C=O) groups is 2. The summed E-state index contributed by atoms with van der Waals surface area (Å²) in [5.74, 6) is 1.13. The Morgan fingerprint density at radius 3 is 2.52 bits per heavy atom. The van der Waals surface area contributed by atoms with Crippen LogP contribution in [0.3, 0.4) is 0 Å². The number of rotatable bonds is 6. The Hall–Kier alpha value is -3.55. The molecule has 0 spiro atoms. The summed E-state index contributed by atoms with van der Waals surface area (Å²) in [6.45, 7) is 2.05. The minimum Gasteiger partial charge on any atom is -0.493 e. The van der Waals surface area contributed by atoms with Gasteiger partial charge in [0, 0.05) is 18.0 Å². The van der Waals surface area contributed by atoms with Gasteiger partial charge in [0.2, 0.25) is 5.91 Å². The largest absolute Gasteiger partial charge is 0.493 e. The maximum Gasteiger partial charge on any atom is 0.411 e. The SMILES string of the molecule is COc1ccc(COC(=O)Nc2ccc(C3=NNC(=O)CC3C)cc2)cc1OC. The summed E-state index contributed by atoms with van der Waals surface area (Å²) in [5.41, 5.74) is 5.57. The van der Waals surface area contributed by atoms with Crippen molar-refractivity contribution in [1.29, 1.82) is 0 Å². The third-order valence-corrected chi connectivity index (χ3v) is 4.50. The predicted molar refractivity (Wildman–Crippen MR) is 108 cm³/mol. The maximum absolute atomic E-state index is 12.1. The number of amides is 2. The van der Waals surface area contributed by atoms with Crippen molar-refractivity contribution in [3.63, 3.8) is 0 Å². The summed E-state index contributed by atoms with van der Waals surface area (Å²) in [6, 6.07) is 12.5. The fourth-order valence-electron chi connectivity index (χ4n) is 3.00. The summed E-state index contributed by atoms with van der Waals surface area (Å²) in [6.07, 6.45) is -0.162. The molecule has 0 aromatic heterocycles. The van der Waals surface area contributed by atoms with E-state index >= 15 is 0 Å². The Morgan fingerprint density at radius 1 is 1.14 bits per heavy atom. The zero-order valence-corrected chi connectivity index (χ0v) is 16.5. The van der Waals surface area contributed by atoms with E-state index in [0.717, 1.165) is 16.8 Å². The van der Waals surface area contributed by atoms with Crippen molar-refractivity contribution in [3.8, 4) is 11.5 Å². The van der Waals surface area contributed by atoms with Gasteiger partial charge in [-0.2, -0.15) is 5.10 Å². The lowest BCUT2D eigenvalue weighted by Gasteiger charge is -2.19. The van der Waals surface area contributed by atoms with Crippen LogP contribution in [0.5, 0.6) is 11.5 Å². The summed E-state index contributed by atoms with van der Waals surface area (Å²) >= 11 is 0. The molecule has 1 aliphatic heterocycles. The zero-order valence-electron chi connectivity index (χ0n) is 16.5. The van der Waals surface area contributed by atoms with E-state index in [0.29, 0.717) is 23.6 Å². The number of hydrogen-bond acceptors (Lipinski definition) is 6. The van der Waals surface area contributed by atoms with Gasteiger partial charge in [0.25, 0.3) is 0 Å². The first kappa shape index (κ1) is 20.2. The first-order valence-electron chi connectivity index (χ1n) is 9.11. The van der Waals surface area contributed by atoms with Gasteiger partial charge in [0.15, 0.2) is 11.5 Å². The zero-order chi connectivity index (χ0) is 20.8. The second-order valence-corrected chi connectivity index (χ2v) is 6.61. The number of hydrazone groups is 1. The number of anilines is 1. The van der Waals surface area contributed by atoms with Gasteiger partial charge in [0.05, 0.1) is 19.9 Å². The van der Waals surface area contributed by atoms with Gasteiger partial charge in [-0.15, -0.1) is 0 Å². The average Bonchev–Trinajstić information content (AvgIpc) is 2.73. The molecule has 152 valence electrons. The van der Waals surface area contributed by atoms with E-state index in [1.54, 1.807) is 44.6 Å². The maximum atomic E-state index is 12.1. The van der Waals surface area contributed by atoms with Crippen molar-refractivity contribution in [3.05, 3.63) is 53.6 Å². The van der Waals surface area contributed by atoms with Crippen LogP contribution in [0.15, 0.2) is 47.6 Å². The third kappa shape index (κ3) is 5.04. The highest BCUT2D eigenvalue weighted by atomic mass is 16.5. The molecular weight excluding hydrogens is 374 g/mol. The van der Waals surface area contributed by atoms with Gasteiger partial charge in [-0.05, 0) is 35.4 Å². The first-order chi connectivity index (χ1) is 14.0. The Bertz CT molecular complexity index is 924. The van der Waals surface area contributed by atoms with Crippen LogP contribution < -0.4 is 20.2 Å². The lowest BCUT2D eigenvalue weighted by Crippen LogP contribution is -2.31. The normalized spacial score (nSPS) is 15.8. The Labute approximate surface area is 168 Å². The molecule has 0 fully saturated rings. The molecule has 2 amide bonds. The van der Waals surface area contributed by atoms with Crippen molar-refractivity contribution in [1.82, 2.24) is 5.43 Å². The lowest BCUT2D eigenvalue weighted by molar-refractivity contribution is -0.121. The first-order valence-corrected chi connectivity index (χ1v) is 9.11. The molecule has 8 heteroatoms. The molecule has 2 N–H and O–H groups in total. The van der Waals surface area contributed by atoms with Crippen molar-refractivity contribution in [2.45, 2.75) is 20.0 Å². The van der Waals surface area contributed by atoms with Gasteiger partial charge in [-0.3, -0.25) is 10.1 Å². The van der Waals surface area contributed by atoms with Crippen LogP contribution in [0.25, 0.3) is 0 Å². The monoisotopic (exact) mass is 397 g/mol. The molecule has 1 aliphatic rings. The molecule has 0 bridgehead atoms. The minimum atomic E-state index is -0.567. The molecule has 8 nitrogen and oxygen atoms in total. The second kappa shape index (κ2) is 9.09. The van der Waals surface area contributed by atoms with Crippen LogP contribution in [0, 0.1) is 5.92 Å². The summed E-state index contributed by atoms with van der Waals surface area (Å²) in [5, 5.41) is 6.81. The van der Waals surface area contributed by atoms with Crippen molar-refractivity contribution in [2.75, 3.05) is 19.5 Å². The van der Waals surface area contributed by atoms with Gasteiger partial charge in [0.1, 0.15) is 6.61 Å². The Kier molecular flexibility index (Phi) is 6.33. The topological polar surface area (TPSA) is 98.3 Å². The number of benzene rings is 2. The van der Waals surface area contributed by atoms with Crippen LogP contribution in [0.1, 0.15) is 24.5 Å². The molecule has 0 saturated carbocycles. The number of ether oxygens (including phenoxy) is 3. The fraction of sp³-hybridized carbons (Fsp3) is 0.286. The van der Waals surface area contributed by atoms with Crippen molar-refractivity contribution >= 4 is 23.4 Å². The van der Waals surface area contributed by atoms with E-state index < -0.39 is 6.09 Å². The van der Waals surface area contributed by atoms with Gasteiger partial charge in [-0.1, -0.05) is 25.1 Å². The molecule has 2 aromatic carbocycles. The number of nitrogens with zero attached hydrogens (tertiary/aromatic N) is 1. The van der Waals surface area contributed by atoms with Gasteiger partial charge < -0.3 is 14.2 Å². The molecular formula is C21H23N3O5. The van der Waals surface area contributed by atoms with Crippen molar-refractivity contribution < 1.29 is 23.8 Å². The highest BCUT2D eigenvalue weighted by Crippen LogP contribution is 2.27.